The number of aryl methyl sites for hydroxylation is 1. The van der Waals surface area contributed by atoms with Gasteiger partial charge in [0.25, 0.3) is 5.91 Å². The first-order chi connectivity index (χ1) is 19.3. The van der Waals surface area contributed by atoms with Crippen molar-refractivity contribution in [3.63, 3.8) is 0 Å². The molecule has 2 aromatic rings. The Kier molecular flexibility index (Phi) is 9.27. The Balaban J connectivity index is 1.49. The number of rotatable bonds is 11. The average Bonchev–Trinajstić information content (AvgIpc) is 3.64. The van der Waals surface area contributed by atoms with Crippen LogP contribution in [-0.2, 0) is 16.0 Å². The molecule has 2 aromatic heterocycles. The van der Waals surface area contributed by atoms with E-state index in [1.165, 1.54) is 12.3 Å². The van der Waals surface area contributed by atoms with E-state index in [2.05, 4.69) is 26.1 Å². The Bertz CT molecular complexity index is 1240. The fraction of sp³-hybridized carbons (Fsp3) is 0.593. The maximum Gasteiger partial charge on any atom is 0.389 e. The van der Waals surface area contributed by atoms with Gasteiger partial charge in [-0.1, -0.05) is 12.1 Å². The summed E-state index contributed by atoms with van der Waals surface area (Å²) in [6.07, 6.45) is -2.71. The minimum Gasteiger partial charge on any atom is -0.364 e. The SMILES string of the molecule is CCc1nocc1C(=O)NC(C(=O)Nc1cc(C(NC(=O)CCC(F)(F)F)C2CC2)ccn1)C1CCC(F)(F)CC1. The lowest BCUT2D eigenvalue weighted by Crippen LogP contribution is -2.50. The van der Waals surface area contributed by atoms with Gasteiger partial charge in [0.1, 0.15) is 23.7 Å². The number of hydrogen-bond donors (Lipinski definition) is 3. The lowest BCUT2D eigenvalue weighted by molar-refractivity contribution is -0.144. The first kappa shape index (κ1) is 30.4. The molecule has 9 nitrogen and oxygen atoms in total. The second kappa shape index (κ2) is 12.5. The molecule has 3 amide bonds. The monoisotopic (exact) mass is 585 g/mol. The van der Waals surface area contributed by atoms with Crippen molar-refractivity contribution in [2.75, 3.05) is 5.32 Å². The lowest BCUT2D eigenvalue weighted by atomic mass is 9.81. The summed E-state index contributed by atoms with van der Waals surface area (Å²) < 4.78 is 70.3. The van der Waals surface area contributed by atoms with Crippen molar-refractivity contribution in [1.82, 2.24) is 20.8 Å². The standard InChI is InChI=1S/C27H32F5N5O4/c1-2-19-18(14-41-37-19)24(39)36-23(16-5-9-26(28,29)10-6-16)25(40)34-20-13-17(8-12-33-20)22(15-3-4-15)35-21(38)7-11-27(30,31)32/h8,12-16,22-23H,2-7,9-11H2,1H3,(H,35,38)(H,36,39)(H,33,34,40). The zero-order valence-electron chi connectivity index (χ0n) is 22.4. The minimum absolute atomic E-state index is 0.0107. The molecule has 0 saturated heterocycles. The van der Waals surface area contributed by atoms with Crippen LogP contribution in [0.15, 0.2) is 29.1 Å². The number of hydrogen-bond acceptors (Lipinski definition) is 6. The van der Waals surface area contributed by atoms with Crippen LogP contribution in [0.5, 0.6) is 0 Å². The Morgan fingerprint density at radius 1 is 1.10 bits per heavy atom. The van der Waals surface area contributed by atoms with Crippen LogP contribution in [0, 0.1) is 11.8 Å². The van der Waals surface area contributed by atoms with Crippen LogP contribution in [0.4, 0.5) is 27.8 Å². The van der Waals surface area contributed by atoms with Crippen molar-refractivity contribution < 1.29 is 40.9 Å². The van der Waals surface area contributed by atoms with Crippen molar-refractivity contribution in [3.05, 3.63) is 41.4 Å². The van der Waals surface area contributed by atoms with E-state index >= 15 is 0 Å². The zero-order chi connectivity index (χ0) is 29.8. The topological polar surface area (TPSA) is 126 Å². The third-order valence-corrected chi connectivity index (χ3v) is 7.47. The van der Waals surface area contributed by atoms with Crippen LogP contribution in [0.3, 0.4) is 0 Å². The summed E-state index contributed by atoms with van der Waals surface area (Å²) in [6, 6.07) is 1.38. The molecular formula is C27H32F5N5O4. The summed E-state index contributed by atoms with van der Waals surface area (Å²) >= 11 is 0. The van der Waals surface area contributed by atoms with Gasteiger partial charge >= 0.3 is 6.18 Å². The van der Waals surface area contributed by atoms with Gasteiger partial charge in [-0.3, -0.25) is 14.4 Å². The number of amides is 3. The molecule has 0 aliphatic heterocycles. The number of nitrogens with zero attached hydrogens (tertiary/aromatic N) is 2. The van der Waals surface area contributed by atoms with Gasteiger partial charge in [0, 0.05) is 25.5 Å². The van der Waals surface area contributed by atoms with Crippen LogP contribution < -0.4 is 16.0 Å². The van der Waals surface area contributed by atoms with E-state index in [4.69, 9.17) is 4.52 Å². The fourth-order valence-electron chi connectivity index (χ4n) is 5.03. The van der Waals surface area contributed by atoms with Crippen LogP contribution in [-0.4, -0.2) is 46.0 Å². The molecule has 41 heavy (non-hydrogen) atoms. The Morgan fingerprint density at radius 2 is 1.80 bits per heavy atom. The van der Waals surface area contributed by atoms with E-state index in [0.717, 1.165) is 19.1 Å². The molecule has 4 rings (SSSR count). The van der Waals surface area contributed by atoms with Crippen LogP contribution in [0.1, 0.15) is 85.9 Å². The predicted octanol–water partition coefficient (Wildman–Crippen LogP) is 5.10. The largest absolute Gasteiger partial charge is 0.389 e. The number of alkyl halides is 5. The van der Waals surface area contributed by atoms with Crippen molar-refractivity contribution in [3.8, 4) is 0 Å². The van der Waals surface area contributed by atoms with Gasteiger partial charge in [0.2, 0.25) is 17.7 Å². The lowest BCUT2D eigenvalue weighted by Gasteiger charge is -2.33. The summed E-state index contributed by atoms with van der Waals surface area (Å²) in [6.45, 7) is 1.77. The van der Waals surface area contributed by atoms with Crippen LogP contribution in [0.25, 0.3) is 0 Å². The summed E-state index contributed by atoms with van der Waals surface area (Å²) in [7, 11) is 0. The highest BCUT2D eigenvalue weighted by atomic mass is 19.4. The first-order valence-corrected chi connectivity index (χ1v) is 13.6. The molecule has 2 aliphatic carbocycles. The molecule has 2 aliphatic rings. The van der Waals surface area contributed by atoms with Gasteiger partial charge in [0.05, 0.1) is 18.2 Å². The number of halogens is 5. The third kappa shape index (κ3) is 8.46. The fourth-order valence-corrected chi connectivity index (χ4v) is 5.03. The highest BCUT2D eigenvalue weighted by Gasteiger charge is 2.41. The van der Waals surface area contributed by atoms with E-state index in [0.29, 0.717) is 17.7 Å². The number of pyridine rings is 1. The second-order valence-electron chi connectivity index (χ2n) is 10.6. The molecule has 0 aromatic carbocycles. The van der Waals surface area contributed by atoms with Gasteiger partial charge in [-0.15, -0.1) is 0 Å². The average molecular weight is 586 g/mol. The van der Waals surface area contributed by atoms with Crippen molar-refractivity contribution in [2.45, 2.75) is 88.9 Å². The molecule has 2 fully saturated rings. The molecular weight excluding hydrogens is 553 g/mol. The highest BCUT2D eigenvalue weighted by Crippen LogP contribution is 2.42. The van der Waals surface area contributed by atoms with Gasteiger partial charge in [-0.2, -0.15) is 13.2 Å². The molecule has 0 bridgehead atoms. The Morgan fingerprint density at radius 3 is 2.44 bits per heavy atom. The maximum absolute atomic E-state index is 13.9. The van der Waals surface area contributed by atoms with Crippen molar-refractivity contribution in [2.24, 2.45) is 11.8 Å². The van der Waals surface area contributed by atoms with Crippen LogP contribution in [0.2, 0.25) is 0 Å². The zero-order valence-corrected chi connectivity index (χ0v) is 22.4. The third-order valence-electron chi connectivity index (χ3n) is 7.47. The number of aromatic nitrogens is 2. The molecule has 3 N–H and O–H groups in total. The molecule has 0 spiro atoms. The molecule has 2 atom stereocenters. The summed E-state index contributed by atoms with van der Waals surface area (Å²) in [4.78, 5) is 42.8. The molecule has 2 unspecified atom stereocenters. The smallest absolute Gasteiger partial charge is 0.364 e. The molecule has 14 heteroatoms. The summed E-state index contributed by atoms with van der Waals surface area (Å²) in [5, 5.41) is 11.7. The summed E-state index contributed by atoms with van der Waals surface area (Å²) in [5.74, 6) is -5.32. The Labute approximate surface area is 233 Å². The normalized spacial score (nSPS) is 18.8. The van der Waals surface area contributed by atoms with E-state index < -0.39 is 73.5 Å². The number of anilines is 1. The van der Waals surface area contributed by atoms with E-state index in [1.54, 1.807) is 13.0 Å². The van der Waals surface area contributed by atoms with Crippen molar-refractivity contribution in [1.29, 1.82) is 0 Å². The summed E-state index contributed by atoms with van der Waals surface area (Å²) in [5.41, 5.74) is 1.07. The van der Waals surface area contributed by atoms with E-state index in [9.17, 15) is 36.3 Å². The minimum atomic E-state index is -4.45. The van der Waals surface area contributed by atoms with Gasteiger partial charge < -0.3 is 20.5 Å². The van der Waals surface area contributed by atoms with E-state index in [1.807, 2.05) is 0 Å². The molecule has 2 heterocycles. The predicted molar refractivity (Wildman–Crippen MR) is 136 cm³/mol. The molecule has 2 saturated carbocycles. The maximum atomic E-state index is 13.9. The van der Waals surface area contributed by atoms with Gasteiger partial charge in [-0.05, 0) is 61.6 Å². The number of nitrogens with one attached hydrogen (secondary N) is 3. The first-order valence-electron chi connectivity index (χ1n) is 13.6. The molecule has 224 valence electrons. The van der Waals surface area contributed by atoms with E-state index in [-0.39, 0.29) is 30.1 Å². The molecule has 0 radical (unpaired) electrons. The van der Waals surface area contributed by atoms with Gasteiger partial charge in [-0.25, -0.2) is 13.8 Å². The number of carbonyl (C=O) groups excluding carboxylic acids is 3. The quantitative estimate of drug-likeness (QED) is 0.315. The second-order valence-corrected chi connectivity index (χ2v) is 10.6. The van der Waals surface area contributed by atoms with Crippen molar-refractivity contribution >= 4 is 23.5 Å². The van der Waals surface area contributed by atoms with Crippen LogP contribution >= 0.6 is 0 Å². The number of carbonyl (C=O) groups is 3. The van der Waals surface area contributed by atoms with Gasteiger partial charge in [0.15, 0.2) is 0 Å². The Hall–Kier alpha value is -3.58. The highest BCUT2D eigenvalue weighted by molar-refractivity contribution is 6.01.